The summed E-state index contributed by atoms with van der Waals surface area (Å²) in [7, 11) is 0. The van der Waals surface area contributed by atoms with Crippen LogP contribution in [0.2, 0.25) is 0 Å². The van der Waals surface area contributed by atoms with Gasteiger partial charge in [-0.3, -0.25) is 4.90 Å². The van der Waals surface area contributed by atoms with Gasteiger partial charge in [-0.05, 0) is 29.8 Å². The number of hydrogen-bond donors (Lipinski definition) is 1. The maximum Gasteiger partial charge on any atom is 0.102 e. The van der Waals surface area contributed by atoms with Crippen molar-refractivity contribution in [2.75, 3.05) is 31.6 Å². The van der Waals surface area contributed by atoms with Crippen LogP contribution in [0.5, 0.6) is 0 Å². The van der Waals surface area contributed by atoms with Crippen molar-refractivity contribution in [3.8, 4) is 5.69 Å². The third-order valence-electron chi connectivity index (χ3n) is 4.44. The van der Waals surface area contributed by atoms with Crippen molar-refractivity contribution in [1.29, 1.82) is 0 Å². The maximum atomic E-state index is 5.41. The van der Waals surface area contributed by atoms with E-state index in [2.05, 4.69) is 44.7 Å². The third kappa shape index (κ3) is 4.28. The number of ether oxygens (including phenoxy) is 1. The molecule has 1 aliphatic heterocycles. The molecule has 6 heteroatoms. The van der Waals surface area contributed by atoms with Gasteiger partial charge in [0.1, 0.15) is 5.69 Å². The number of nitrogens with one attached hydrogen (secondary N) is 1. The van der Waals surface area contributed by atoms with Gasteiger partial charge >= 0.3 is 0 Å². The molecule has 1 N–H and O–H groups in total. The van der Waals surface area contributed by atoms with Crippen molar-refractivity contribution in [3.05, 3.63) is 72.1 Å². The third-order valence-corrected chi connectivity index (χ3v) is 4.44. The molecular weight excluding hydrogens is 326 g/mol. The van der Waals surface area contributed by atoms with Gasteiger partial charge in [-0.15, -0.1) is 0 Å². The minimum Gasteiger partial charge on any atom is -0.379 e. The van der Waals surface area contributed by atoms with E-state index in [-0.39, 0.29) is 0 Å². The molecule has 4 rings (SSSR count). The summed E-state index contributed by atoms with van der Waals surface area (Å²) < 4.78 is 5.41. The lowest BCUT2D eigenvalue weighted by Gasteiger charge is -2.26. The van der Waals surface area contributed by atoms with Gasteiger partial charge in [0, 0.05) is 25.3 Å². The summed E-state index contributed by atoms with van der Waals surface area (Å²) in [6.07, 6.45) is 1.80. The molecule has 0 saturated carbocycles. The SMILES string of the molecule is c1ccc(-n2ncc(CNc3cccc(CN4CCOCC4)c3)n2)cc1. The molecule has 1 saturated heterocycles. The fourth-order valence-corrected chi connectivity index (χ4v) is 3.05. The minimum atomic E-state index is 0.647. The molecule has 0 bridgehead atoms. The molecule has 2 aromatic carbocycles. The van der Waals surface area contributed by atoms with Crippen LogP contribution in [0.3, 0.4) is 0 Å². The fraction of sp³-hybridized carbons (Fsp3) is 0.300. The lowest BCUT2D eigenvalue weighted by molar-refractivity contribution is 0.0342. The Hall–Kier alpha value is -2.70. The average molecular weight is 349 g/mol. The van der Waals surface area contributed by atoms with E-state index in [0.717, 1.165) is 49.9 Å². The molecule has 0 aliphatic carbocycles. The topological polar surface area (TPSA) is 55.2 Å². The summed E-state index contributed by atoms with van der Waals surface area (Å²) in [5, 5.41) is 12.3. The van der Waals surface area contributed by atoms with Crippen LogP contribution in [0.15, 0.2) is 60.8 Å². The summed E-state index contributed by atoms with van der Waals surface area (Å²) in [5.74, 6) is 0. The zero-order valence-electron chi connectivity index (χ0n) is 14.7. The van der Waals surface area contributed by atoms with Crippen LogP contribution in [0.25, 0.3) is 5.69 Å². The van der Waals surface area contributed by atoms with Gasteiger partial charge in [0.25, 0.3) is 0 Å². The number of morpholine rings is 1. The first-order valence-electron chi connectivity index (χ1n) is 8.96. The van der Waals surface area contributed by atoms with Crippen LogP contribution in [0, 0.1) is 0 Å². The van der Waals surface area contributed by atoms with Crippen molar-refractivity contribution < 1.29 is 4.74 Å². The number of rotatable bonds is 6. The zero-order chi connectivity index (χ0) is 17.6. The Morgan fingerprint density at radius 1 is 1.00 bits per heavy atom. The smallest absolute Gasteiger partial charge is 0.102 e. The van der Waals surface area contributed by atoms with Crippen molar-refractivity contribution >= 4 is 5.69 Å². The normalized spacial score (nSPS) is 15.1. The molecule has 1 fully saturated rings. The Morgan fingerprint density at radius 2 is 1.85 bits per heavy atom. The number of nitrogens with zero attached hydrogens (tertiary/aromatic N) is 4. The van der Waals surface area contributed by atoms with Crippen LogP contribution in [-0.4, -0.2) is 46.2 Å². The van der Waals surface area contributed by atoms with E-state index in [4.69, 9.17) is 4.74 Å². The second kappa shape index (κ2) is 8.12. The second-order valence-electron chi connectivity index (χ2n) is 6.40. The second-order valence-corrected chi connectivity index (χ2v) is 6.40. The number of anilines is 1. The summed E-state index contributed by atoms with van der Waals surface area (Å²) >= 11 is 0. The first-order valence-corrected chi connectivity index (χ1v) is 8.96. The highest BCUT2D eigenvalue weighted by Gasteiger charge is 2.10. The van der Waals surface area contributed by atoms with E-state index >= 15 is 0 Å². The van der Waals surface area contributed by atoms with Gasteiger partial charge in [-0.2, -0.15) is 15.0 Å². The molecule has 3 aromatic rings. The Morgan fingerprint density at radius 3 is 2.69 bits per heavy atom. The van der Waals surface area contributed by atoms with Gasteiger partial charge in [0.15, 0.2) is 0 Å². The van der Waals surface area contributed by atoms with Crippen LogP contribution in [0.1, 0.15) is 11.3 Å². The highest BCUT2D eigenvalue weighted by molar-refractivity contribution is 5.46. The highest BCUT2D eigenvalue weighted by atomic mass is 16.5. The first-order chi connectivity index (χ1) is 12.9. The first kappa shape index (κ1) is 16.8. The van der Waals surface area contributed by atoms with Crippen molar-refractivity contribution in [2.45, 2.75) is 13.1 Å². The molecule has 26 heavy (non-hydrogen) atoms. The number of benzene rings is 2. The molecule has 6 nitrogen and oxygen atoms in total. The van der Waals surface area contributed by atoms with E-state index < -0.39 is 0 Å². The van der Waals surface area contributed by atoms with Crippen LogP contribution < -0.4 is 5.32 Å². The van der Waals surface area contributed by atoms with E-state index in [0.29, 0.717) is 6.54 Å². The Bertz CT molecular complexity index is 827. The lowest BCUT2D eigenvalue weighted by Crippen LogP contribution is -2.35. The molecule has 134 valence electrons. The highest BCUT2D eigenvalue weighted by Crippen LogP contribution is 2.14. The number of hydrogen-bond acceptors (Lipinski definition) is 5. The Labute approximate surface area is 153 Å². The monoisotopic (exact) mass is 349 g/mol. The summed E-state index contributed by atoms with van der Waals surface area (Å²) in [4.78, 5) is 4.08. The molecule has 0 atom stereocenters. The van der Waals surface area contributed by atoms with E-state index in [1.165, 1.54) is 5.56 Å². The predicted molar refractivity (Wildman–Crippen MR) is 101 cm³/mol. The van der Waals surface area contributed by atoms with Crippen molar-refractivity contribution in [1.82, 2.24) is 19.9 Å². The van der Waals surface area contributed by atoms with Crippen LogP contribution in [0.4, 0.5) is 5.69 Å². The maximum absolute atomic E-state index is 5.41. The van der Waals surface area contributed by atoms with E-state index in [1.807, 2.05) is 30.3 Å². The number of para-hydroxylation sites is 1. The fourth-order valence-electron chi connectivity index (χ4n) is 3.05. The van der Waals surface area contributed by atoms with E-state index in [9.17, 15) is 0 Å². The molecule has 0 amide bonds. The average Bonchev–Trinajstić information content (AvgIpc) is 3.17. The zero-order valence-corrected chi connectivity index (χ0v) is 14.7. The predicted octanol–water partition coefficient (Wildman–Crippen LogP) is 2.71. The van der Waals surface area contributed by atoms with Gasteiger partial charge in [0.05, 0.1) is 31.6 Å². The molecular formula is C20H23N5O. The summed E-state index contributed by atoms with van der Waals surface area (Å²) in [5.41, 5.74) is 4.29. The molecule has 0 unspecified atom stereocenters. The molecule has 0 radical (unpaired) electrons. The summed E-state index contributed by atoms with van der Waals surface area (Å²) in [6.45, 7) is 5.27. The van der Waals surface area contributed by atoms with Crippen molar-refractivity contribution in [3.63, 3.8) is 0 Å². The van der Waals surface area contributed by atoms with Crippen LogP contribution in [-0.2, 0) is 17.8 Å². The standard InChI is InChI=1S/C20H23N5O/c1-2-7-20(8-3-1)25-22-15-19(23-25)14-21-18-6-4-5-17(13-18)16-24-9-11-26-12-10-24/h1-8,13,15,21H,9-12,14,16H2. The van der Waals surface area contributed by atoms with Crippen molar-refractivity contribution in [2.24, 2.45) is 0 Å². The van der Waals surface area contributed by atoms with E-state index in [1.54, 1.807) is 11.0 Å². The van der Waals surface area contributed by atoms with Gasteiger partial charge < -0.3 is 10.1 Å². The molecule has 1 aromatic heterocycles. The van der Waals surface area contributed by atoms with Gasteiger partial charge in [-0.25, -0.2) is 0 Å². The Balaban J connectivity index is 1.36. The Kier molecular flexibility index (Phi) is 5.23. The number of aromatic nitrogens is 3. The lowest BCUT2D eigenvalue weighted by atomic mass is 10.2. The quantitative estimate of drug-likeness (QED) is 0.742. The van der Waals surface area contributed by atoms with Crippen LogP contribution >= 0.6 is 0 Å². The summed E-state index contributed by atoms with van der Waals surface area (Å²) in [6, 6.07) is 18.5. The van der Waals surface area contributed by atoms with Gasteiger partial charge in [0.2, 0.25) is 0 Å². The van der Waals surface area contributed by atoms with Gasteiger partial charge in [-0.1, -0.05) is 30.3 Å². The molecule has 2 heterocycles. The molecule has 1 aliphatic rings. The molecule has 0 spiro atoms. The largest absolute Gasteiger partial charge is 0.379 e. The minimum absolute atomic E-state index is 0.647.